The highest BCUT2D eigenvalue weighted by atomic mass is 35.5. The number of nitrogens with one attached hydrogen (secondary N) is 1. The summed E-state index contributed by atoms with van der Waals surface area (Å²) in [6.07, 6.45) is 0.326. The molecule has 0 bridgehead atoms. The molecule has 0 amide bonds. The summed E-state index contributed by atoms with van der Waals surface area (Å²) >= 11 is 7.28. The first-order chi connectivity index (χ1) is 13.3. The Bertz CT molecular complexity index is 943. The third-order valence-electron chi connectivity index (χ3n) is 3.91. The monoisotopic (exact) mass is 420 g/mol. The molecule has 3 aromatic rings. The molecule has 0 fully saturated rings. The second kappa shape index (κ2) is 10.1. The van der Waals surface area contributed by atoms with Crippen LogP contribution in [-0.2, 0) is 16.0 Å². The van der Waals surface area contributed by atoms with Crippen LogP contribution in [0.3, 0.4) is 0 Å². The molecule has 2 unspecified atom stereocenters. The Hall–Kier alpha value is -2.61. The van der Waals surface area contributed by atoms with Gasteiger partial charge in [0.25, 0.3) is 0 Å². The first-order valence-electron chi connectivity index (χ1n) is 8.46. The summed E-state index contributed by atoms with van der Waals surface area (Å²) in [6, 6.07) is 13.5. The Morgan fingerprint density at radius 2 is 1.75 bits per heavy atom. The summed E-state index contributed by atoms with van der Waals surface area (Å²) in [7, 11) is 0. The average Bonchev–Trinajstić information content (AvgIpc) is 3.07. The summed E-state index contributed by atoms with van der Waals surface area (Å²) in [5, 5.41) is 24.0. The Balaban J connectivity index is 0.000000203. The van der Waals surface area contributed by atoms with E-state index in [4.69, 9.17) is 27.5 Å². The fourth-order valence-corrected chi connectivity index (χ4v) is 3.37. The highest BCUT2D eigenvalue weighted by Gasteiger charge is 2.12. The molecule has 0 aliphatic carbocycles. The SMILES string of the molecule is CC(Nc1csc2ccccc12)C(=O)O.NC(Cc1ccc(Cl)cc1)C(=O)O. The normalized spacial score (nSPS) is 12.5. The molecular formula is C20H21ClN2O4S. The van der Waals surface area contributed by atoms with Gasteiger partial charge in [0.2, 0.25) is 0 Å². The molecule has 148 valence electrons. The lowest BCUT2D eigenvalue weighted by Crippen LogP contribution is -2.32. The predicted octanol–water partition coefficient (Wildman–Crippen LogP) is 4.08. The van der Waals surface area contributed by atoms with Crippen molar-refractivity contribution < 1.29 is 19.8 Å². The minimum atomic E-state index is -0.991. The van der Waals surface area contributed by atoms with E-state index in [1.807, 2.05) is 29.6 Å². The highest BCUT2D eigenvalue weighted by Crippen LogP contribution is 2.30. The summed E-state index contributed by atoms with van der Waals surface area (Å²) in [4.78, 5) is 21.1. The summed E-state index contributed by atoms with van der Waals surface area (Å²) < 4.78 is 1.16. The second-order valence-corrected chi connectivity index (χ2v) is 7.47. The van der Waals surface area contributed by atoms with Gasteiger partial charge in [-0.25, -0.2) is 0 Å². The molecule has 1 aromatic heterocycles. The van der Waals surface area contributed by atoms with Crippen LogP contribution in [0.1, 0.15) is 12.5 Å². The Morgan fingerprint density at radius 3 is 2.36 bits per heavy atom. The zero-order chi connectivity index (χ0) is 20.7. The van der Waals surface area contributed by atoms with E-state index in [1.165, 1.54) is 0 Å². The molecule has 0 spiro atoms. The number of benzene rings is 2. The molecule has 0 aliphatic rings. The number of hydrogen-bond acceptors (Lipinski definition) is 5. The number of thiophene rings is 1. The summed E-state index contributed by atoms with van der Waals surface area (Å²) in [5.74, 6) is -1.83. The zero-order valence-corrected chi connectivity index (χ0v) is 16.7. The molecular weight excluding hydrogens is 400 g/mol. The van der Waals surface area contributed by atoms with Gasteiger partial charge >= 0.3 is 11.9 Å². The van der Waals surface area contributed by atoms with Crippen LogP contribution in [0.25, 0.3) is 10.1 Å². The van der Waals surface area contributed by atoms with Gasteiger partial charge in [0.1, 0.15) is 12.1 Å². The number of aliphatic carboxylic acids is 2. The molecule has 0 radical (unpaired) electrons. The molecule has 1 heterocycles. The van der Waals surface area contributed by atoms with Gasteiger partial charge in [-0.1, -0.05) is 41.9 Å². The number of nitrogens with two attached hydrogens (primary N) is 1. The lowest BCUT2D eigenvalue weighted by molar-refractivity contribution is -0.139. The topological polar surface area (TPSA) is 113 Å². The molecule has 2 aromatic carbocycles. The summed E-state index contributed by atoms with van der Waals surface area (Å²) in [6.45, 7) is 1.63. The van der Waals surface area contributed by atoms with Crippen molar-refractivity contribution in [3.63, 3.8) is 0 Å². The van der Waals surface area contributed by atoms with Gasteiger partial charge in [-0.15, -0.1) is 11.3 Å². The average molecular weight is 421 g/mol. The smallest absolute Gasteiger partial charge is 0.325 e. The fraction of sp³-hybridized carbons (Fsp3) is 0.200. The number of carbonyl (C=O) groups is 2. The van der Waals surface area contributed by atoms with E-state index in [2.05, 4.69) is 5.32 Å². The van der Waals surface area contributed by atoms with E-state index < -0.39 is 24.0 Å². The van der Waals surface area contributed by atoms with Crippen molar-refractivity contribution in [3.05, 3.63) is 64.5 Å². The zero-order valence-electron chi connectivity index (χ0n) is 15.1. The van der Waals surface area contributed by atoms with Crippen LogP contribution in [0.15, 0.2) is 53.9 Å². The maximum atomic E-state index is 10.7. The number of hydrogen-bond donors (Lipinski definition) is 4. The minimum Gasteiger partial charge on any atom is -0.480 e. The number of carboxylic acids is 2. The molecule has 8 heteroatoms. The highest BCUT2D eigenvalue weighted by molar-refractivity contribution is 7.17. The first-order valence-corrected chi connectivity index (χ1v) is 9.72. The Kier molecular flexibility index (Phi) is 7.80. The van der Waals surface area contributed by atoms with E-state index in [9.17, 15) is 9.59 Å². The van der Waals surface area contributed by atoms with Crippen LogP contribution in [-0.4, -0.2) is 34.2 Å². The third kappa shape index (κ3) is 6.23. The van der Waals surface area contributed by atoms with Crippen molar-refractivity contribution in [1.29, 1.82) is 0 Å². The molecule has 3 rings (SSSR count). The quantitative estimate of drug-likeness (QED) is 0.478. The molecule has 0 saturated heterocycles. The van der Waals surface area contributed by atoms with Gasteiger partial charge in [0.05, 0.1) is 5.69 Å². The fourth-order valence-electron chi connectivity index (χ4n) is 2.35. The standard InChI is InChI=1S/C11H11NO2S.C9H10ClNO2/c1-7(11(13)14)12-9-6-15-10-5-3-2-4-8(9)10;10-7-3-1-6(2-4-7)5-8(11)9(12)13/h2-7,12H,1H3,(H,13,14);1-4,8H,5,11H2,(H,12,13). The molecule has 28 heavy (non-hydrogen) atoms. The third-order valence-corrected chi connectivity index (χ3v) is 5.12. The maximum Gasteiger partial charge on any atom is 0.325 e. The number of anilines is 1. The molecule has 6 nitrogen and oxygen atoms in total. The van der Waals surface area contributed by atoms with Crippen molar-refractivity contribution in [3.8, 4) is 0 Å². The van der Waals surface area contributed by atoms with Crippen molar-refractivity contribution in [2.45, 2.75) is 25.4 Å². The van der Waals surface area contributed by atoms with Crippen molar-refractivity contribution in [2.75, 3.05) is 5.32 Å². The second-order valence-electron chi connectivity index (χ2n) is 6.13. The number of fused-ring (bicyclic) bond motifs is 1. The van der Waals surface area contributed by atoms with E-state index in [-0.39, 0.29) is 0 Å². The van der Waals surface area contributed by atoms with Crippen LogP contribution < -0.4 is 11.1 Å². The Morgan fingerprint density at radius 1 is 1.11 bits per heavy atom. The van der Waals surface area contributed by atoms with Crippen molar-refractivity contribution in [1.82, 2.24) is 0 Å². The largest absolute Gasteiger partial charge is 0.480 e. The molecule has 0 saturated carbocycles. The first kappa shape index (κ1) is 21.7. The van der Waals surface area contributed by atoms with E-state index >= 15 is 0 Å². The van der Waals surface area contributed by atoms with Crippen molar-refractivity contribution in [2.24, 2.45) is 5.73 Å². The van der Waals surface area contributed by atoms with Crippen LogP contribution >= 0.6 is 22.9 Å². The lowest BCUT2D eigenvalue weighted by atomic mass is 10.1. The van der Waals surface area contributed by atoms with Gasteiger partial charge < -0.3 is 21.3 Å². The van der Waals surface area contributed by atoms with Crippen LogP contribution in [0.2, 0.25) is 5.02 Å². The minimum absolute atomic E-state index is 0.326. The van der Waals surface area contributed by atoms with Crippen LogP contribution in [0.5, 0.6) is 0 Å². The molecule has 2 atom stereocenters. The van der Waals surface area contributed by atoms with E-state index in [1.54, 1.807) is 42.5 Å². The molecule has 0 aliphatic heterocycles. The lowest BCUT2D eigenvalue weighted by Gasteiger charge is -2.09. The van der Waals surface area contributed by atoms with Crippen LogP contribution in [0, 0.1) is 0 Å². The predicted molar refractivity (Wildman–Crippen MR) is 113 cm³/mol. The van der Waals surface area contributed by atoms with E-state index in [0.717, 1.165) is 21.3 Å². The molecule has 5 N–H and O–H groups in total. The maximum absolute atomic E-state index is 10.7. The van der Waals surface area contributed by atoms with Gasteiger partial charge in [0.15, 0.2) is 0 Å². The van der Waals surface area contributed by atoms with Gasteiger partial charge in [-0.05, 0) is 37.1 Å². The van der Waals surface area contributed by atoms with Gasteiger partial charge in [0, 0.05) is 20.5 Å². The van der Waals surface area contributed by atoms with Crippen molar-refractivity contribution >= 4 is 50.6 Å². The van der Waals surface area contributed by atoms with E-state index in [0.29, 0.717) is 11.4 Å². The number of carboxylic acid groups (broad SMARTS) is 2. The number of halogens is 1. The van der Waals surface area contributed by atoms with Crippen LogP contribution in [0.4, 0.5) is 5.69 Å². The van der Waals surface area contributed by atoms with Gasteiger partial charge in [-0.2, -0.15) is 0 Å². The summed E-state index contributed by atoms with van der Waals surface area (Å²) in [5.41, 5.74) is 7.12. The van der Waals surface area contributed by atoms with Gasteiger partial charge in [-0.3, -0.25) is 9.59 Å². The Labute approximate surface area is 171 Å². The number of rotatable bonds is 6.